The van der Waals surface area contributed by atoms with E-state index in [1.54, 1.807) is 11.3 Å². The number of hydrogen-bond donors (Lipinski definition) is 1. The van der Waals surface area contributed by atoms with Gasteiger partial charge in [-0.2, -0.15) is 0 Å². The first kappa shape index (κ1) is 13.0. The Labute approximate surface area is 109 Å². The normalized spacial score (nSPS) is 19.8. The lowest BCUT2D eigenvalue weighted by Gasteiger charge is -2.20. The van der Waals surface area contributed by atoms with Crippen molar-refractivity contribution < 1.29 is 0 Å². The molecule has 3 heteroatoms. The van der Waals surface area contributed by atoms with E-state index in [9.17, 15) is 0 Å². The zero-order valence-corrected chi connectivity index (χ0v) is 12.1. The molecule has 96 valence electrons. The molecule has 2 rings (SSSR count). The second kappa shape index (κ2) is 4.69. The summed E-state index contributed by atoms with van der Waals surface area (Å²) in [4.78, 5) is 4.76. The van der Waals surface area contributed by atoms with E-state index in [4.69, 9.17) is 10.7 Å². The van der Waals surface area contributed by atoms with Gasteiger partial charge in [-0.15, -0.1) is 11.3 Å². The third-order valence-electron chi connectivity index (χ3n) is 3.65. The minimum atomic E-state index is -0.115. The monoisotopic (exact) mass is 252 g/mol. The highest BCUT2D eigenvalue weighted by atomic mass is 32.1. The minimum Gasteiger partial charge on any atom is -0.320 e. The fourth-order valence-electron chi connectivity index (χ4n) is 2.40. The molecule has 1 heterocycles. The van der Waals surface area contributed by atoms with Crippen LogP contribution in [-0.4, -0.2) is 4.98 Å². The van der Waals surface area contributed by atoms with Crippen molar-refractivity contribution >= 4 is 11.3 Å². The van der Waals surface area contributed by atoms with Gasteiger partial charge in [0.25, 0.3) is 0 Å². The van der Waals surface area contributed by atoms with E-state index < -0.39 is 0 Å². The quantitative estimate of drug-likeness (QED) is 0.887. The molecule has 2 nitrogen and oxygen atoms in total. The Morgan fingerprint density at radius 3 is 2.59 bits per heavy atom. The summed E-state index contributed by atoms with van der Waals surface area (Å²) in [5.41, 5.74) is 7.84. The summed E-state index contributed by atoms with van der Waals surface area (Å²) >= 11 is 1.78. The van der Waals surface area contributed by atoms with Crippen LogP contribution in [0.25, 0.3) is 0 Å². The van der Waals surface area contributed by atoms with E-state index in [0.29, 0.717) is 5.41 Å². The molecule has 1 aliphatic carbocycles. The van der Waals surface area contributed by atoms with Crippen molar-refractivity contribution in [3.8, 4) is 0 Å². The van der Waals surface area contributed by atoms with Gasteiger partial charge in [-0.1, -0.05) is 33.6 Å². The molecule has 1 aromatic rings. The van der Waals surface area contributed by atoms with Crippen LogP contribution < -0.4 is 5.73 Å². The number of nitrogens with two attached hydrogens (primary N) is 1. The van der Waals surface area contributed by atoms with Crippen LogP contribution in [0.2, 0.25) is 0 Å². The number of rotatable bonds is 3. The van der Waals surface area contributed by atoms with E-state index >= 15 is 0 Å². The molecule has 1 aromatic heterocycles. The van der Waals surface area contributed by atoms with E-state index in [0.717, 1.165) is 25.0 Å². The van der Waals surface area contributed by atoms with Gasteiger partial charge in [-0.3, -0.25) is 0 Å². The van der Waals surface area contributed by atoms with Gasteiger partial charge in [0, 0.05) is 5.38 Å². The van der Waals surface area contributed by atoms with Crippen molar-refractivity contribution in [2.45, 2.75) is 64.8 Å². The fraction of sp³-hybridized carbons (Fsp3) is 0.786. The molecule has 0 radical (unpaired) electrons. The van der Waals surface area contributed by atoms with Crippen molar-refractivity contribution in [3.05, 3.63) is 16.1 Å². The maximum atomic E-state index is 6.42. The third-order valence-corrected chi connectivity index (χ3v) is 4.56. The van der Waals surface area contributed by atoms with E-state index in [2.05, 4.69) is 26.2 Å². The summed E-state index contributed by atoms with van der Waals surface area (Å²) in [7, 11) is 0. The number of thiazole rings is 1. The summed E-state index contributed by atoms with van der Waals surface area (Å²) in [6.45, 7) is 6.84. The molecule has 0 aliphatic heterocycles. The maximum absolute atomic E-state index is 6.42. The number of hydrogen-bond acceptors (Lipinski definition) is 3. The molecular weight excluding hydrogens is 228 g/mol. The molecule has 0 unspecified atom stereocenters. The zero-order valence-electron chi connectivity index (χ0n) is 11.3. The van der Waals surface area contributed by atoms with Crippen molar-refractivity contribution in [2.24, 2.45) is 11.1 Å². The number of aromatic nitrogens is 1. The molecule has 0 aromatic carbocycles. The predicted molar refractivity (Wildman–Crippen MR) is 74.2 cm³/mol. The van der Waals surface area contributed by atoms with Gasteiger partial charge >= 0.3 is 0 Å². The lowest BCUT2D eigenvalue weighted by atomic mass is 9.91. The Morgan fingerprint density at radius 2 is 2.00 bits per heavy atom. The summed E-state index contributed by atoms with van der Waals surface area (Å²) in [6.07, 6.45) is 7.00. The summed E-state index contributed by atoms with van der Waals surface area (Å²) in [5, 5.41) is 3.44. The average molecular weight is 252 g/mol. The smallest absolute Gasteiger partial charge is 0.0929 e. The summed E-state index contributed by atoms with van der Waals surface area (Å²) in [5.74, 6) is 0. The Balaban J connectivity index is 2.01. The van der Waals surface area contributed by atoms with Crippen LogP contribution in [0.3, 0.4) is 0 Å². The van der Waals surface area contributed by atoms with Crippen LogP contribution in [-0.2, 0) is 12.0 Å². The molecule has 0 atom stereocenters. The van der Waals surface area contributed by atoms with E-state index in [1.165, 1.54) is 24.3 Å². The van der Waals surface area contributed by atoms with Crippen molar-refractivity contribution in [1.29, 1.82) is 0 Å². The van der Waals surface area contributed by atoms with Gasteiger partial charge in [0.05, 0.1) is 16.2 Å². The SMILES string of the molecule is CC(C)(C)CCc1nc(C2(N)CCCC2)cs1. The molecule has 0 saturated heterocycles. The van der Waals surface area contributed by atoms with Crippen LogP contribution in [0.5, 0.6) is 0 Å². The highest BCUT2D eigenvalue weighted by molar-refractivity contribution is 7.09. The number of aryl methyl sites for hydroxylation is 1. The van der Waals surface area contributed by atoms with Crippen molar-refractivity contribution in [2.75, 3.05) is 0 Å². The van der Waals surface area contributed by atoms with Crippen LogP contribution in [0.4, 0.5) is 0 Å². The lowest BCUT2D eigenvalue weighted by molar-refractivity contribution is 0.377. The second-order valence-electron chi connectivity index (χ2n) is 6.55. The fourth-order valence-corrected chi connectivity index (χ4v) is 3.30. The highest BCUT2D eigenvalue weighted by Gasteiger charge is 2.33. The van der Waals surface area contributed by atoms with Gasteiger partial charge < -0.3 is 5.73 Å². The van der Waals surface area contributed by atoms with Crippen LogP contribution >= 0.6 is 11.3 Å². The molecule has 1 saturated carbocycles. The molecule has 0 spiro atoms. The largest absolute Gasteiger partial charge is 0.320 e. The molecule has 1 aliphatic rings. The molecule has 2 N–H and O–H groups in total. The van der Waals surface area contributed by atoms with Gasteiger partial charge in [0.1, 0.15) is 0 Å². The van der Waals surface area contributed by atoms with Crippen LogP contribution in [0.1, 0.15) is 63.6 Å². The highest BCUT2D eigenvalue weighted by Crippen LogP contribution is 2.36. The maximum Gasteiger partial charge on any atom is 0.0929 e. The molecule has 17 heavy (non-hydrogen) atoms. The van der Waals surface area contributed by atoms with Crippen molar-refractivity contribution in [1.82, 2.24) is 4.98 Å². The van der Waals surface area contributed by atoms with Crippen LogP contribution in [0, 0.1) is 5.41 Å². The summed E-state index contributed by atoms with van der Waals surface area (Å²) < 4.78 is 0. The minimum absolute atomic E-state index is 0.115. The first-order valence-electron chi connectivity index (χ1n) is 6.63. The second-order valence-corrected chi connectivity index (χ2v) is 7.49. The Morgan fingerprint density at radius 1 is 1.35 bits per heavy atom. The van der Waals surface area contributed by atoms with Gasteiger partial charge in [-0.05, 0) is 31.1 Å². The molecule has 1 fully saturated rings. The van der Waals surface area contributed by atoms with E-state index in [1.807, 2.05) is 0 Å². The van der Waals surface area contributed by atoms with Crippen LogP contribution in [0.15, 0.2) is 5.38 Å². The lowest BCUT2D eigenvalue weighted by Crippen LogP contribution is -2.33. The number of nitrogens with zero attached hydrogens (tertiary/aromatic N) is 1. The van der Waals surface area contributed by atoms with Gasteiger partial charge in [0.15, 0.2) is 0 Å². The summed E-state index contributed by atoms with van der Waals surface area (Å²) in [6, 6.07) is 0. The third kappa shape index (κ3) is 3.29. The Hall–Kier alpha value is -0.410. The van der Waals surface area contributed by atoms with Crippen molar-refractivity contribution in [3.63, 3.8) is 0 Å². The Bertz CT molecular complexity index is 370. The average Bonchev–Trinajstić information content (AvgIpc) is 2.83. The first-order chi connectivity index (χ1) is 7.89. The van der Waals surface area contributed by atoms with E-state index in [-0.39, 0.29) is 5.54 Å². The Kier molecular flexibility index (Phi) is 3.60. The standard InChI is InChI=1S/C14H24N2S/c1-13(2,3)9-6-12-16-11(10-17-12)14(15)7-4-5-8-14/h10H,4-9,15H2,1-3H3. The topological polar surface area (TPSA) is 38.9 Å². The van der Waals surface area contributed by atoms with Gasteiger partial charge in [0.2, 0.25) is 0 Å². The van der Waals surface area contributed by atoms with Gasteiger partial charge in [-0.25, -0.2) is 4.98 Å². The zero-order chi connectivity index (χ0) is 12.5. The molecular formula is C14H24N2S. The predicted octanol–water partition coefficient (Wildman–Crippen LogP) is 3.85. The first-order valence-corrected chi connectivity index (χ1v) is 7.51. The molecule has 0 bridgehead atoms. The molecule has 0 amide bonds.